The van der Waals surface area contributed by atoms with Crippen molar-refractivity contribution in [1.29, 1.82) is 0 Å². The molecule has 0 saturated carbocycles. The molecule has 2 rings (SSSR count). The summed E-state index contributed by atoms with van der Waals surface area (Å²) in [6.45, 7) is 1.79. The van der Waals surface area contributed by atoms with Crippen LogP contribution >= 0.6 is 11.6 Å². The van der Waals surface area contributed by atoms with Crippen molar-refractivity contribution in [2.75, 3.05) is 37.8 Å². The van der Waals surface area contributed by atoms with E-state index in [1.807, 2.05) is 0 Å². The van der Waals surface area contributed by atoms with Gasteiger partial charge in [-0.15, -0.1) is 0 Å². The van der Waals surface area contributed by atoms with Crippen LogP contribution in [0, 0.1) is 5.82 Å². The summed E-state index contributed by atoms with van der Waals surface area (Å²) in [5.74, 6) is -0.407. The highest BCUT2D eigenvalue weighted by Crippen LogP contribution is 2.31. The second kappa shape index (κ2) is 5.33. The predicted molar refractivity (Wildman–Crippen MR) is 74.7 cm³/mol. The topological polar surface area (TPSA) is 32.5 Å². The minimum Gasteiger partial charge on any atom is -0.397 e. The average molecular weight is 272 g/mol. The third-order valence-corrected chi connectivity index (χ3v) is 3.89. The molecule has 1 heterocycles. The van der Waals surface area contributed by atoms with Crippen LogP contribution in [0.4, 0.5) is 15.8 Å². The molecule has 5 heteroatoms. The molecule has 1 aromatic carbocycles. The van der Waals surface area contributed by atoms with Gasteiger partial charge in [0.2, 0.25) is 0 Å². The van der Waals surface area contributed by atoms with E-state index in [-0.39, 0.29) is 5.02 Å². The molecule has 0 aliphatic carbocycles. The standard InChI is InChI=1S/C13H19ClFN3/c1-17(2)9-3-5-18(6-4-9)13-8-11(15)10(14)7-12(13)16/h7-9H,3-6,16H2,1-2H3. The molecule has 0 spiro atoms. The van der Waals surface area contributed by atoms with Gasteiger partial charge in [0.05, 0.1) is 16.4 Å². The smallest absolute Gasteiger partial charge is 0.144 e. The van der Waals surface area contributed by atoms with Gasteiger partial charge in [0.1, 0.15) is 5.82 Å². The molecule has 0 atom stereocenters. The molecule has 1 aromatic rings. The maximum Gasteiger partial charge on any atom is 0.144 e. The van der Waals surface area contributed by atoms with Crippen molar-refractivity contribution < 1.29 is 4.39 Å². The van der Waals surface area contributed by atoms with Crippen LogP contribution in [0.3, 0.4) is 0 Å². The first-order chi connectivity index (χ1) is 8.49. The number of nitrogens with two attached hydrogens (primary N) is 1. The first kappa shape index (κ1) is 13.4. The molecule has 0 aromatic heterocycles. The van der Waals surface area contributed by atoms with Gasteiger partial charge >= 0.3 is 0 Å². The fourth-order valence-corrected chi connectivity index (χ4v) is 2.62. The number of benzene rings is 1. The quantitative estimate of drug-likeness (QED) is 0.840. The molecular formula is C13H19ClFN3. The Morgan fingerprint density at radius 1 is 1.33 bits per heavy atom. The number of piperidine rings is 1. The van der Waals surface area contributed by atoms with Gasteiger partial charge in [-0.2, -0.15) is 0 Å². The zero-order valence-electron chi connectivity index (χ0n) is 10.8. The molecule has 1 aliphatic heterocycles. The Balaban J connectivity index is 2.12. The van der Waals surface area contributed by atoms with Crippen LogP contribution < -0.4 is 10.6 Å². The van der Waals surface area contributed by atoms with E-state index in [0.29, 0.717) is 11.7 Å². The number of nitrogen functional groups attached to an aromatic ring is 1. The van der Waals surface area contributed by atoms with Gasteiger partial charge in [0.25, 0.3) is 0 Å². The van der Waals surface area contributed by atoms with Crippen LogP contribution in [0.25, 0.3) is 0 Å². The molecule has 0 bridgehead atoms. The second-order valence-electron chi connectivity index (χ2n) is 5.01. The molecule has 1 saturated heterocycles. The fourth-order valence-electron chi connectivity index (χ4n) is 2.45. The summed E-state index contributed by atoms with van der Waals surface area (Å²) < 4.78 is 13.5. The van der Waals surface area contributed by atoms with Gasteiger partial charge in [0, 0.05) is 25.2 Å². The zero-order chi connectivity index (χ0) is 13.3. The maximum atomic E-state index is 13.5. The van der Waals surface area contributed by atoms with Gasteiger partial charge in [-0.25, -0.2) is 4.39 Å². The molecule has 0 radical (unpaired) electrons. The van der Waals surface area contributed by atoms with Crippen molar-refractivity contribution in [2.24, 2.45) is 0 Å². The number of halogens is 2. The average Bonchev–Trinajstić information content (AvgIpc) is 2.34. The van der Waals surface area contributed by atoms with E-state index in [2.05, 4.69) is 23.9 Å². The third-order valence-electron chi connectivity index (χ3n) is 3.61. The number of hydrogen-bond donors (Lipinski definition) is 1. The Morgan fingerprint density at radius 2 is 1.94 bits per heavy atom. The summed E-state index contributed by atoms with van der Waals surface area (Å²) in [5.41, 5.74) is 7.22. The largest absolute Gasteiger partial charge is 0.397 e. The van der Waals surface area contributed by atoms with Gasteiger partial charge in [0.15, 0.2) is 0 Å². The highest BCUT2D eigenvalue weighted by molar-refractivity contribution is 6.31. The Kier molecular flexibility index (Phi) is 3.97. The van der Waals surface area contributed by atoms with Gasteiger partial charge in [-0.3, -0.25) is 0 Å². The maximum absolute atomic E-state index is 13.5. The van der Waals surface area contributed by atoms with Gasteiger partial charge in [-0.1, -0.05) is 11.6 Å². The van der Waals surface area contributed by atoms with Crippen molar-refractivity contribution in [1.82, 2.24) is 4.90 Å². The lowest BCUT2D eigenvalue weighted by molar-refractivity contribution is 0.249. The lowest BCUT2D eigenvalue weighted by Crippen LogP contribution is -2.42. The molecule has 100 valence electrons. The summed E-state index contributed by atoms with van der Waals surface area (Å²) in [7, 11) is 4.19. The molecule has 2 N–H and O–H groups in total. The monoisotopic (exact) mass is 271 g/mol. The number of hydrogen-bond acceptors (Lipinski definition) is 3. The highest BCUT2D eigenvalue weighted by Gasteiger charge is 2.22. The summed E-state index contributed by atoms with van der Waals surface area (Å²) in [6, 6.07) is 3.53. The zero-order valence-corrected chi connectivity index (χ0v) is 11.5. The van der Waals surface area contributed by atoms with E-state index in [0.717, 1.165) is 31.6 Å². The van der Waals surface area contributed by atoms with E-state index in [4.69, 9.17) is 17.3 Å². The van der Waals surface area contributed by atoms with Crippen LogP contribution in [-0.4, -0.2) is 38.1 Å². The van der Waals surface area contributed by atoms with Crippen molar-refractivity contribution in [2.45, 2.75) is 18.9 Å². The minimum atomic E-state index is -0.407. The van der Waals surface area contributed by atoms with Crippen LogP contribution in [-0.2, 0) is 0 Å². The molecule has 18 heavy (non-hydrogen) atoms. The third kappa shape index (κ3) is 2.70. The number of nitrogens with zero attached hydrogens (tertiary/aromatic N) is 2. The normalized spacial score (nSPS) is 17.5. The molecular weight excluding hydrogens is 253 g/mol. The van der Waals surface area contributed by atoms with Gasteiger partial charge in [-0.05, 0) is 33.0 Å². The summed E-state index contributed by atoms with van der Waals surface area (Å²) >= 11 is 5.71. The lowest BCUT2D eigenvalue weighted by Gasteiger charge is -2.37. The van der Waals surface area contributed by atoms with Crippen molar-refractivity contribution >= 4 is 23.0 Å². The summed E-state index contributed by atoms with van der Waals surface area (Å²) in [4.78, 5) is 4.37. The Hall–Kier alpha value is -1.00. The van der Waals surface area contributed by atoms with Crippen LogP contribution in [0.1, 0.15) is 12.8 Å². The molecule has 3 nitrogen and oxygen atoms in total. The molecule has 1 fully saturated rings. The summed E-state index contributed by atoms with van der Waals surface area (Å²) in [5, 5.41) is 0.0828. The molecule has 0 amide bonds. The van der Waals surface area contributed by atoms with E-state index in [9.17, 15) is 4.39 Å². The fraction of sp³-hybridized carbons (Fsp3) is 0.538. The number of rotatable bonds is 2. The first-order valence-electron chi connectivity index (χ1n) is 6.15. The molecule has 1 aliphatic rings. The van der Waals surface area contributed by atoms with Crippen LogP contribution in [0.15, 0.2) is 12.1 Å². The highest BCUT2D eigenvalue weighted by atomic mass is 35.5. The SMILES string of the molecule is CN(C)C1CCN(c2cc(F)c(Cl)cc2N)CC1. The van der Waals surface area contributed by atoms with Crippen molar-refractivity contribution in [3.63, 3.8) is 0 Å². The van der Waals surface area contributed by atoms with Crippen LogP contribution in [0.5, 0.6) is 0 Å². The summed E-state index contributed by atoms with van der Waals surface area (Å²) in [6.07, 6.45) is 2.13. The minimum absolute atomic E-state index is 0.0828. The van der Waals surface area contributed by atoms with E-state index in [1.54, 1.807) is 0 Å². The lowest BCUT2D eigenvalue weighted by atomic mass is 10.0. The van der Waals surface area contributed by atoms with Crippen molar-refractivity contribution in [3.05, 3.63) is 23.0 Å². The first-order valence-corrected chi connectivity index (χ1v) is 6.52. The Morgan fingerprint density at radius 3 is 2.50 bits per heavy atom. The Labute approximate surface area is 112 Å². The Bertz CT molecular complexity index is 428. The second-order valence-corrected chi connectivity index (χ2v) is 5.41. The van der Waals surface area contributed by atoms with E-state index >= 15 is 0 Å². The predicted octanol–water partition coefficient (Wildman–Crippen LogP) is 2.59. The van der Waals surface area contributed by atoms with Crippen LogP contribution in [0.2, 0.25) is 5.02 Å². The number of anilines is 2. The van der Waals surface area contributed by atoms with Crippen molar-refractivity contribution in [3.8, 4) is 0 Å². The van der Waals surface area contributed by atoms with E-state index < -0.39 is 5.82 Å². The molecule has 0 unspecified atom stereocenters. The van der Waals surface area contributed by atoms with E-state index in [1.165, 1.54) is 12.1 Å². The van der Waals surface area contributed by atoms with Gasteiger partial charge < -0.3 is 15.5 Å².